The van der Waals surface area contributed by atoms with Crippen LogP contribution in [0.15, 0.2) is 36.1 Å². The summed E-state index contributed by atoms with van der Waals surface area (Å²) < 4.78 is 3.64. The lowest BCUT2D eigenvalue weighted by Crippen LogP contribution is -2.49. The molecule has 0 unspecified atom stereocenters. The molecule has 0 aromatic carbocycles. The number of aromatic nitrogens is 3. The van der Waals surface area contributed by atoms with Gasteiger partial charge in [-0.05, 0) is 17.5 Å². The molecule has 4 nitrogen and oxygen atoms in total. The van der Waals surface area contributed by atoms with Gasteiger partial charge in [0, 0.05) is 60.1 Å². The zero-order chi connectivity index (χ0) is 15.1. The summed E-state index contributed by atoms with van der Waals surface area (Å²) in [5, 5.41) is 3.43. The topological polar surface area (TPSA) is 34.0 Å². The lowest BCUT2D eigenvalue weighted by molar-refractivity contribution is 0.349. The van der Waals surface area contributed by atoms with Crippen LogP contribution >= 0.6 is 11.3 Å². The number of rotatable bonds is 4. The molecule has 0 radical (unpaired) electrons. The Morgan fingerprint density at radius 2 is 2.09 bits per heavy atom. The molecule has 3 aromatic rings. The van der Waals surface area contributed by atoms with E-state index >= 15 is 0 Å². The van der Waals surface area contributed by atoms with E-state index in [1.54, 1.807) is 11.3 Å². The van der Waals surface area contributed by atoms with Crippen LogP contribution in [-0.2, 0) is 6.54 Å². The Kier molecular flexibility index (Phi) is 3.37. The van der Waals surface area contributed by atoms with E-state index < -0.39 is 0 Å². The Morgan fingerprint density at radius 1 is 1.23 bits per heavy atom. The van der Waals surface area contributed by atoms with Crippen molar-refractivity contribution in [2.45, 2.75) is 26.3 Å². The van der Waals surface area contributed by atoms with Crippen LogP contribution in [0.4, 0.5) is 5.82 Å². The van der Waals surface area contributed by atoms with Gasteiger partial charge in [0.1, 0.15) is 11.6 Å². The van der Waals surface area contributed by atoms with Crippen LogP contribution in [0.5, 0.6) is 0 Å². The molecule has 0 saturated carbocycles. The Labute approximate surface area is 134 Å². The van der Waals surface area contributed by atoms with Gasteiger partial charge in [0.05, 0.1) is 0 Å². The molecule has 0 spiro atoms. The third-order valence-corrected chi connectivity index (χ3v) is 5.22. The lowest BCUT2D eigenvalue weighted by Gasteiger charge is -2.40. The minimum absolute atomic E-state index is 0.479. The summed E-state index contributed by atoms with van der Waals surface area (Å²) in [6, 6.07) is 4.28. The molecule has 0 N–H and O–H groups in total. The van der Waals surface area contributed by atoms with Crippen molar-refractivity contribution in [3.63, 3.8) is 0 Å². The number of hydrogen-bond acceptors (Lipinski definition) is 4. The molecule has 114 valence electrons. The molecule has 3 aromatic heterocycles. The molecular weight excluding hydrogens is 292 g/mol. The minimum Gasteiger partial charge on any atom is -0.355 e. The monoisotopic (exact) mass is 312 g/mol. The maximum absolute atomic E-state index is 4.59. The van der Waals surface area contributed by atoms with Gasteiger partial charge in [-0.15, -0.1) is 11.3 Å². The molecule has 1 fully saturated rings. The lowest BCUT2D eigenvalue weighted by atomic mass is 9.99. The maximum atomic E-state index is 4.59. The predicted molar refractivity (Wildman–Crippen MR) is 91.6 cm³/mol. The van der Waals surface area contributed by atoms with Gasteiger partial charge in [-0.2, -0.15) is 0 Å². The summed E-state index contributed by atoms with van der Waals surface area (Å²) in [7, 11) is 0. The Hall–Kier alpha value is -1.88. The van der Waals surface area contributed by atoms with Crippen molar-refractivity contribution < 1.29 is 0 Å². The van der Waals surface area contributed by atoms with Crippen LogP contribution < -0.4 is 4.90 Å². The first kappa shape index (κ1) is 13.8. The zero-order valence-electron chi connectivity index (χ0n) is 12.9. The fraction of sp³-hybridized carbons (Fsp3) is 0.412. The molecule has 0 bridgehead atoms. The fourth-order valence-electron chi connectivity index (χ4n) is 3.24. The van der Waals surface area contributed by atoms with Gasteiger partial charge in [0.2, 0.25) is 0 Å². The van der Waals surface area contributed by atoms with Gasteiger partial charge in [-0.1, -0.05) is 13.8 Å². The number of nitrogens with zero attached hydrogens (tertiary/aromatic N) is 4. The van der Waals surface area contributed by atoms with E-state index in [2.05, 4.69) is 57.0 Å². The number of anilines is 1. The smallest absolute Gasteiger partial charge is 0.137 e. The minimum atomic E-state index is 0.479. The van der Waals surface area contributed by atoms with E-state index in [1.807, 2.05) is 12.4 Å². The standard InChI is InChI=1S/C17H20N4S/c1-12(2)16-19-6-7-20(16)9-13-10-21(11-13)17-14-4-8-22-15(14)3-5-18-17/h3-8,12-13H,9-11H2,1-2H3. The summed E-state index contributed by atoms with van der Waals surface area (Å²) in [5.74, 6) is 3.50. The number of hydrogen-bond donors (Lipinski definition) is 0. The van der Waals surface area contributed by atoms with Crippen LogP contribution in [0, 0.1) is 5.92 Å². The number of pyridine rings is 1. The first-order chi connectivity index (χ1) is 10.7. The molecule has 22 heavy (non-hydrogen) atoms. The van der Waals surface area contributed by atoms with E-state index in [1.165, 1.54) is 15.9 Å². The van der Waals surface area contributed by atoms with Crippen molar-refractivity contribution in [3.05, 3.63) is 41.9 Å². The Morgan fingerprint density at radius 3 is 2.91 bits per heavy atom. The molecule has 1 aliphatic heterocycles. The molecule has 0 aliphatic carbocycles. The van der Waals surface area contributed by atoms with Crippen molar-refractivity contribution >= 4 is 27.2 Å². The van der Waals surface area contributed by atoms with Crippen LogP contribution in [0.1, 0.15) is 25.6 Å². The predicted octanol–water partition coefficient (Wildman–Crippen LogP) is 3.75. The van der Waals surface area contributed by atoms with Crippen LogP contribution in [-0.4, -0.2) is 27.6 Å². The largest absolute Gasteiger partial charge is 0.355 e. The summed E-state index contributed by atoms with van der Waals surface area (Å²) in [5.41, 5.74) is 0. The second-order valence-corrected chi connectivity index (χ2v) is 7.28. The summed E-state index contributed by atoms with van der Waals surface area (Å²) >= 11 is 1.78. The molecular formula is C17H20N4S. The van der Waals surface area contributed by atoms with Gasteiger partial charge in [0.15, 0.2) is 0 Å². The van der Waals surface area contributed by atoms with Gasteiger partial charge >= 0.3 is 0 Å². The van der Waals surface area contributed by atoms with E-state index in [4.69, 9.17) is 0 Å². The van der Waals surface area contributed by atoms with Crippen molar-refractivity contribution in [1.29, 1.82) is 0 Å². The Balaban J connectivity index is 1.46. The number of fused-ring (bicyclic) bond motifs is 1. The molecule has 4 heterocycles. The van der Waals surface area contributed by atoms with Gasteiger partial charge in [0.25, 0.3) is 0 Å². The highest BCUT2D eigenvalue weighted by Crippen LogP contribution is 2.33. The second-order valence-electron chi connectivity index (χ2n) is 6.33. The zero-order valence-corrected chi connectivity index (χ0v) is 13.8. The molecule has 4 rings (SSSR count). The van der Waals surface area contributed by atoms with Crippen LogP contribution in [0.3, 0.4) is 0 Å². The summed E-state index contributed by atoms with van der Waals surface area (Å²) in [6.45, 7) is 7.62. The van der Waals surface area contributed by atoms with Crippen molar-refractivity contribution in [2.24, 2.45) is 5.92 Å². The van der Waals surface area contributed by atoms with Gasteiger partial charge < -0.3 is 9.47 Å². The molecule has 1 saturated heterocycles. The molecule has 0 amide bonds. The van der Waals surface area contributed by atoms with E-state index in [-0.39, 0.29) is 0 Å². The SMILES string of the molecule is CC(C)c1nccn1CC1CN(c2nccc3sccc23)C1. The first-order valence-electron chi connectivity index (χ1n) is 7.80. The van der Waals surface area contributed by atoms with Gasteiger partial charge in [-0.3, -0.25) is 0 Å². The Bertz CT molecular complexity index is 783. The van der Waals surface area contributed by atoms with Crippen molar-refractivity contribution in [2.75, 3.05) is 18.0 Å². The quantitative estimate of drug-likeness (QED) is 0.736. The third kappa shape index (κ3) is 2.29. The van der Waals surface area contributed by atoms with E-state index in [0.29, 0.717) is 11.8 Å². The average molecular weight is 312 g/mol. The fourth-order valence-corrected chi connectivity index (χ4v) is 4.02. The molecule has 5 heteroatoms. The highest BCUT2D eigenvalue weighted by molar-refractivity contribution is 7.17. The van der Waals surface area contributed by atoms with Crippen LogP contribution in [0.2, 0.25) is 0 Å². The summed E-state index contributed by atoms with van der Waals surface area (Å²) in [6.07, 6.45) is 5.95. The highest BCUT2D eigenvalue weighted by Gasteiger charge is 2.29. The normalized spacial score (nSPS) is 15.7. The van der Waals surface area contributed by atoms with Crippen molar-refractivity contribution in [3.8, 4) is 0 Å². The van der Waals surface area contributed by atoms with E-state index in [0.717, 1.165) is 25.5 Å². The third-order valence-electron chi connectivity index (χ3n) is 4.33. The number of imidazole rings is 1. The maximum Gasteiger partial charge on any atom is 0.137 e. The van der Waals surface area contributed by atoms with Crippen molar-refractivity contribution in [1.82, 2.24) is 14.5 Å². The van der Waals surface area contributed by atoms with Gasteiger partial charge in [-0.25, -0.2) is 9.97 Å². The molecule has 1 aliphatic rings. The van der Waals surface area contributed by atoms with Crippen LogP contribution in [0.25, 0.3) is 10.1 Å². The average Bonchev–Trinajstić information content (AvgIpc) is 3.10. The number of thiophene rings is 1. The first-order valence-corrected chi connectivity index (χ1v) is 8.68. The second kappa shape index (κ2) is 5.39. The summed E-state index contributed by atoms with van der Waals surface area (Å²) in [4.78, 5) is 11.5. The highest BCUT2D eigenvalue weighted by atomic mass is 32.1. The van der Waals surface area contributed by atoms with E-state index in [9.17, 15) is 0 Å². The molecule has 0 atom stereocenters.